The van der Waals surface area contributed by atoms with E-state index in [4.69, 9.17) is 0 Å². The van der Waals surface area contributed by atoms with Crippen LogP contribution in [0.2, 0.25) is 0 Å². The quantitative estimate of drug-likeness (QED) is 0.507. The van der Waals surface area contributed by atoms with Gasteiger partial charge in [0.15, 0.2) is 0 Å². The molecule has 0 atom stereocenters. The first-order valence-electron chi connectivity index (χ1n) is 5.73. The minimum absolute atomic E-state index is 0.780. The van der Waals surface area contributed by atoms with Crippen LogP contribution in [0.3, 0.4) is 0 Å². The van der Waals surface area contributed by atoms with Crippen molar-refractivity contribution in [2.45, 2.75) is 57.9 Å². The third-order valence-corrected chi connectivity index (χ3v) is 2.91. The highest BCUT2D eigenvalue weighted by atomic mass is 14.9. The average Bonchev–Trinajstić information content (AvgIpc) is 2.15. The smallest absolute Gasteiger partial charge is 0.00731 e. The number of unbranched alkanes of at least 4 members (excludes halogenated alkanes) is 2. The van der Waals surface area contributed by atoms with Gasteiger partial charge in [-0.1, -0.05) is 31.9 Å². The van der Waals surface area contributed by atoms with Crippen molar-refractivity contribution >= 4 is 0 Å². The van der Waals surface area contributed by atoms with E-state index in [9.17, 15) is 0 Å². The van der Waals surface area contributed by atoms with Gasteiger partial charge >= 0.3 is 0 Å². The molecule has 0 bridgehead atoms. The highest BCUT2D eigenvalue weighted by Crippen LogP contribution is 2.21. The summed E-state index contributed by atoms with van der Waals surface area (Å²) in [6.45, 7) is 7.50. The first-order chi connectivity index (χ1) is 6.33. The van der Waals surface area contributed by atoms with Crippen molar-refractivity contribution in [3.05, 3.63) is 12.2 Å². The van der Waals surface area contributed by atoms with Crippen molar-refractivity contribution in [1.29, 1.82) is 0 Å². The normalized spacial score (nSPS) is 19.3. The number of hydrogen-bond acceptors (Lipinski definition) is 1. The fourth-order valence-electron chi connectivity index (χ4n) is 1.91. The molecule has 0 unspecified atom stereocenters. The minimum Gasteiger partial charge on any atom is -0.314 e. The predicted molar refractivity (Wildman–Crippen MR) is 58.9 cm³/mol. The molecule has 0 aromatic heterocycles. The summed E-state index contributed by atoms with van der Waals surface area (Å²) in [6, 6.07) is 0.780. The fourth-order valence-corrected chi connectivity index (χ4v) is 1.91. The number of nitrogens with one attached hydrogen (secondary N) is 1. The van der Waals surface area contributed by atoms with E-state index in [-0.39, 0.29) is 0 Å². The molecule has 1 nitrogen and oxygen atoms in total. The molecule has 0 radical (unpaired) electrons. The van der Waals surface area contributed by atoms with Crippen LogP contribution < -0.4 is 5.32 Å². The maximum absolute atomic E-state index is 4.03. The molecule has 1 aliphatic carbocycles. The van der Waals surface area contributed by atoms with Gasteiger partial charge in [-0.05, 0) is 38.6 Å². The molecule has 0 saturated heterocycles. The van der Waals surface area contributed by atoms with Gasteiger partial charge in [0, 0.05) is 6.04 Å². The molecular weight excluding hydrogens is 158 g/mol. The molecule has 0 aliphatic heterocycles. The molecule has 0 spiro atoms. The standard InChI is InChI=1S/C12H23N/c1-3-4-5-10-13-12-8-6-11(2)7-9-12/h12-13H,2-10H2,1H3. The summed E-state index contributed by atoms with van der Waals surface area (Å²) in [5.41, 5.74) is 1.45. The molecule has 1 saturated carbocycles. The molecule has 1 rings (SSSR count). The lowest BCUT2D eigenvalue weighted by Gasteiger charge is -2.24. The first kappa shape index (κ1) is 10.8. The zero-order valence-corrected chi connectivity index (χ0v) is 8.94. The van der Waals surface area contributed by atoms with Gasteiger partial charge in [0.25, 0.3) is 0 Å². The van der Waals surface area contributed by atoms with Gasteiger partial charge in [0.05, 0.1) is 0 Å². The molecule has 1 heteroatoms. The zero-order valence-electron chi connectivity index (χ0n) is 8.94. The van der Waals surface area contributed by atoms with Crippen LogP contribution in [0, 0.1) is 0 Å². The van der Waals surface area contributed by atoms with Gasteiger partial charge in [-0.25, -0.2) is 0 Å². The van der Waals surface area contributed by atoms with Crippen LogP contribution in [-0.4, -0.2) is 12.6 Å². The van der Waals surface area contributed by atoms with E-state index in [1.54, 1.807) is 0 Å². The molecule has 1 aliphatic rings. The Kier molecular flexibility index (Phi) is 5.14. The van der Waals surface area contributed by atoms with Crippen LogP contribution in [0.1, 0.15) is 51.9 Å². The molecule has 0 amide bonds. The third-order valence-electron chi connectivity index (χ3n) is 2.91. The summed E-state index contributed by atoms with van der Waals surface area (Å²) in [7, 11) is 0. The Labute approximate surface area is 82.6 Å². The minimum atomic E-state index is 0.780. The van der Waals surface area contributed by atoms with Crippen LogP contribution >= 0.6 is 0 Å². The molecule has 1 fully saturated rings. The number of allylic oxidation sites excluding steroid dienone is 1. The van der Waals surface area contributed by atoms with Gasteiger partial charge in [-0.2, -0.15) is 0 Å². The second-order valence-electron chi connectivity index (χ2n) is 4.19. The lowest BCUT2D eigenvalue weighted by Crippen LogP contribution is -2.32. The highest BCUT2D eigenvalue weighted by Gasteiger charge is 2.13. The number of hydrogen-bond donors (Lipinski definition) is 1. The van der Waals surface area contributed by atoms with Crippen LogP contribution in [0.25, 0.3) is 0 Å². The summed E-state index contributed by atoms with van der Waals surface area (Å²) in [5.74, 6) is 0. The van der Waals surface area contributed by atoms with E-state index in [0.29, 0.717) is 0 Å². The summed E-state index contributed by atoms with van der Waals surface area (Å²) in [4.78, 5) is 0. The Morgan fingerprint density at radius 2 is 2.00 bits per heavy atom. The van der Waals surface area contributed by atoms with E-state index in [1.807, 2.05) is 0 Å². The molecule has 0 heterocycles. The van der Waals surface area contributed by atoms with Crippen LogP contribution in [0.4, 0.5) is 0 Å². The topological polar surface area (TPSA) is 12.0 Å². The van der Waals surface area contributed by atoms with E-state index in [0.717, 1.165) is 6.04 Å². The van der Waals surface area contributed by atoms with Crippen LogP contribution in [0.5, 0.6) is 0 Å². The summed E-state index contributed by atoms with van der Waals surface area (Å²) in [5, 5.41) is 3.64. The Morgan fingerprint density at radius 1 is 1.31 bits per heavy atom. The summed E-state index contributed by atoms with van der Waals surface area (Å²) >= 11 is 0. The van der Waals surface area contributed by atoms with Crippen molar-refractivity contribution in [1.82, 2.24) is 5.32 Å². The van der Waals surface area contributed by atoms with E-state index >= 15 is 0 Å². The summed E-state index contributed by atoms with van der Waals surface area (Å²) in [6.07, 6.45) is 9.14. The van der Waals surface area contributed by atoms with Gasteiger partial charge in [-0.15, -0.1) is 0 Å². The molecule has 13 heavy (non-hydrogen) atoms. The van der Waals surface area contributed by atoms with Crippen molar-refractivity contribution in [3.63, 3.8) is 0 Å². The lowest BCUT2D eigenvalue weighted by molar-refractivity contribution is 0.413. The van der Waals surface area contributed by atoms with Crippen molar-refractivity contribution < 1.29 is 0 Å². The maximum Gasteiger partial charge on any atom is 0.00731 e. The Balaban J connectivity index is 1.99. The Hall–Kier alpha value is -0.300. The molecular formula is C12H23N. The van der Waals surface area contributed by atoms with Gasteiger partial charge in [0.2, 0.25) is 0 Å². The van der Waals surface area contributed by atoms with E-state index < -0.39 is 0 Å². The second-order valence-corrected chi connectivity index (χ2v) is 4.19. The lowest BCUT2D eigenvalue weighted by atomic mass is 9.92. The second kappa shape index (κ2) is 6.20. The zero-order chi connectivity index (χ0) is 9.52. The average molecular weight is 181 g/mol. The van der Waals surface area contributed by atoms with Crippen LogP contribution in [0.15, 0.2) is 12.2 Å². The van der Waals surface area contributed by atoms with Crippen molar-refractivity contribution in [3.8, 4) is 0 Å². The van der Waals surface area contributed by atoms with Gasteiger partial charge < -0.3 is 5.32 Å². The van der Waals surface area contributed by atoms with E-state index in [2.05, 4.69) is 18.8 Å². The Bertz CT molecular complexity index is 141. The molecule has 0 aromatic rings. The van der Waals surface area contributed by atoms with Gasteiger partial charge in [0.1, 0.15) is 0 Å². The first-order valence-corrected chi connectivity index (χ1v) is 5.73. The monoisotopic (exact) mass is 181 g/mol. The van der Waals surface area contributed by atoms with Crippen molar-refractivity contribution in [2.75, 3.05) is 6.54 Å². The molecule has 0 aromatic carbocycles. The maximum atomic E-state index is 4.03. The van der Waals surface area contributed by atoms with Crippen molar-refractivity contribution in [2.24, 2.45) is 0 Å². The predicted octanol–water partition coefficient (Wildman–Crippen LogP) is 3.27. The van der Waals surface area contributed by atoms with Gasteiger partial charge in [-0.3, -0.25) is 0 Å². The SMILES string of the molecule is C=C1CCC(NCCCCC)CC1. The van der Waals surface area contributed by atoms with Crippen LogP contribution in [-0.2, 0) is 0 Å². The largest absolute Gasteiger partial charge is 0.314 e. The molecule has 1 N–H and O–H groups in total. The number of rotatable bonds is 5. The Morgan fingerprint density at radius 3 is 2.62 bits per heavy atom. The highest BCUT2D eigenvalue weighted by molar-refractivity contribution is 4.99. The molecule has 76 valence electrons. The third kappa shape index (κ3) is 4.47. The fraction of sp³-hybridized carbons (Fsp3) is 0.833. The summed E-state index contributed by atoms with van der Waals surface area (Å²) < 4.78 is 0. The van der Waals surface area contributed by atoms with E-state index in [1.165, 1.54) is 57.1 Å².